The molecule has 0 saturated carbocycles. The first kappa shape index (κ1) is 20.1. The van der Waals surface area contributed by atoms with E-state index in [4.69, 9.17) is 4.74 Å². The van der Waals surface area contributed by atoms with Gasteiger partial charge < -0.3 is 9.64 Å². The molecule has 4 rings (SSSR count). The first-order chi connectivity index (χ1) is 14.6. The van der Waals surface area contributed by atoms with Crippen LogP contribution in [0, 0.1) is 5.92 Å². The van der Waals surface area contributed by atoms with Crippen LogP contribution in [0.3, 0.4) is 0 Å². The third-order valence-corrected chi connectivity index (χ3v) is 5.80. The Bertz CT molecular complexity index is 1050. The zero-order valence-corrected chi connectivity index (χ0v) is 17.2. The first-order valence-electron chi connectivity index (χ1n) is 10.4. The summed E-state index contributed by atoms with van der Waals surface area (Å²) in [6.07, 6.45) is 4.48. The number of carbonyl (C=O) groups excluding carboxylic acids is 2. The van der Waals surface area contributed by atoms with E-state index in [2.05, 4.69) is 4.98 Å². The van der Waals surface area contributed by atoms with Crippen molar-refractivity contribution in [3.05, 3.63) is 72.1 Å². The molecule has 3 aromatic rings. The van der Waals surface area contributed by atoms with Crippen LogP contribution in [0.4, 0.5) is 0 Å². The highest BCUT2D eigenvalue weighted by molar-refractivity contribution is 6.01. The van der Waals surface area contributed by atoms with E-state index >= 15 is 0 Å². The minimum atomic E-state index is -0.145. The van der Waals surface area contributed by atoms with Gasteiger partial charge in [0.25, 0.3) is 0 Å². The molecule has 0 spiro atoms. The molecular weight excluding hydrogens is 376 g/mol. The molecule has 2 heterocycles. The van der Waals surface area contributed by atoms with Crippen molar-refractivity contribution >= 4 is 22.5 Å². The topological polar surface area (TPSA) is 59.5 Å². The second kappa shape index (κ2) is 9.08. The Morgan fingerprint density at radius 2 is 1.93 bits per heavy atom. The van der Waals surface area contributed by atoms with Gasteiger partial charge in [-0.2, -0.15) is 0 Å². The van der Waals surface area contributed by atoms with Gasteiger partial charge in [-0.25, -0.2) is 0 Å². The fraction of sp³-hybridized carbons (Fsp3) is 0.320. The zero-order chi connectivity index (χ0) is 20.9. The molecule has 30 heavy (non-hydrogen) atoms. The Kier molecular flexibility index (Phi) is 6.07. The molecule has 1 saturated heterocycles. The standard InChI is InChI=1S/C25H26N2O3/c1-30-23-11-9-18-15-20(8-7-19(18)16-23)25(29)21-5-4-14-27(17-21)24(28)12-10-22-6-2-3-13-26-22/h2-3,6-9,11,13,15-16,21H,4-5,10,12,14,17H2,1H3/t21-/m0/s1. The van der Waals surface area contributed by atoms with Crippen LogP contribution >= 0.6 is 0 Å². The Morgan fingerprint density at radius 1 is 1.10 bits per heavy atom. The maximum atomic E-state index is 13.1. The molecule has 1 fully saturated rings. The third kappa shape index (κ3) is 4.51. The molecule has 154 valence electrons. The lowest BCUT2D eigenvalue weighted by molar-refractivity contribution is -0.132. The van der Waals surface area contributed by atoms with E-state index in [-0.39, 0.29) is 17.6 Å². The second-order valence-electron chi connectivity index (χ2n) is 7.79. The summed E-state index contributed by atoms with van der Waals surface area (Å²) in [5, 5.41) is 2.06. The van der Waals surface area contributed by atoms with E-state index in [1.165, 1.54) is 0 Å². The first-order valence-corrected chi connectivity index (χ1v) is 10.4. The van der Waals surface area contributed by atoms with Crippen molar-refractivity contribution < 1.29 is 14.3 Å². The smallest absolute Gasteiger partial charge is 0.222 e. The van der Waals surface area contributed by atoms with Gasteiger partial charge in [0.05, 0.1) is 7.11 Å². The Balaban J connectivity index is 1.41. The summed E-state index contributed by atoms with van der Waals surface area (Å²) in [5.74, 6) is 0.876. The van der Waals surface area contributed by atoms with Crippen molar-refractivity contribution in [2.24, 2.45) is 5.92 Å². The monoisotopic (exact) mass is 402 g/mol. The number of hydrogen-bond donors (Lipinski definition) is 0. The van der Waals surface area contributed by atoms with Crippen molar-refractivity contribution in [3.8, 4) is 5.75 Å². The van der Waals surface area contributed by atoms with E-state index in [9.17, 15) is 9.59 Å². The van der Waals surface area contributed by atoms with Crippen LogP contribution in [0.15, 0.2) is 60.8 Å². The predicted octanol–water partition coefficient (Wildman–Crippen LogP) is 4.30. The SMILES string of the molecule is COc1ccc2cc(C(=O)[C@H]3CCCN(C(=O)CCc4ccccn4)C3)ccc2c1. The number of hydrogen-bond acceptors (Lipinski definition) is 4. The Labute approximate surface area is 176 Å². The summed E-state index contributed by atoms with van der Waals surface area (Å²) in [4.78, 5) is 32.0. The summed E-state index contributed by atoms with van der Waals surface area (Å²) in [6.45, 7) is 1.23. The predicted molar refractivity (Wildman–Crippen MR) is 117 cm³/mol. The fourth-order valence-electron chi connectivity index (χ4n) is 4.10. The lowest BCUT2D eigenvalue weighted by atomic mass is 9.89. The second-order valence-corrected chi connectivity index (χ2v) is 7.79. The molecule has 1 aliphatic rings. The van der Waals surface area contributed by atoms with Crippen LogP contribution in [-0.4, -0.2) is 41.8 Å². The number of benzene rings is 2. The van der Waals surface area contributed by atoms with Crippen LogP contribution in [0.2, 0.25) is 0 Å². The molecule has 1 aliphatic heterocycles. The van der Waals surface area contributed by atoms with Gasteiger partial charge in [-0.05, 0) is 60.4 Å². The van der Waals surface area contributed by atoms with Crippen LogP contribution in [-0.2, 0) is 11.2 Å². The van der Waals surface area contributed by atoms with Crippen molar-refractivity contribution in [2.45, 2.75) is 25.7 Å². The molecular formula is C25H26N2O3. The van der Waals surface area contributed by atoms with Crippen LogP contribution in [0.25, 0.3) is 10.8 Å². The summed E-state index contributed by atoms with van der Waals surface area (Å²) < 4.78 is 5.27. The lowest BCUT2D eigenvalue weighted by Gasteiger charge is -2.32. The van der Waals surface area contributed by atoms with Gasteiger partial charge in [-0.1, -0.05) is 24.3 Å². The van der Waals surface area contributed by atoms with Gasteiger partial charge in [0.1, 0.15) is 5.75 Å². The molecule has 0 unspecified atom stereocenters. The van der Waals surface area contributed by atoms with Gasteiger partial charge in [0.2, 0.25) is 5.91 Å². The van der Waals surface area contributed by atoms with Crippen LogP contribution in [0.1, 0.15) is 35.3 Å². The van der Waals surface area contributed by atoms with Gasteiger partial charge in [-0.15, -0.1) is 0 Å². The van der Waals surface area contributed by atoms with Crippen molar-refractivity contribution in [2.75, 3.05) is 20.2 Å². The van der Waals surface area contributed by atoms with E-state index < -0.39 is 0 Å². The summed E-state index contributed by atoms with van der Waals surface area (Å²) in [7, 11) is 1.64. The number of rotatable bonds is 6. The number of piperidine rings is 1. The lowest BCUT2D eigenvalue weighted by Crippen LogP contribution is -2.42. The summed E-state index contributed by atoms with van der Waals surface area (Å²) in [6, 6.07) is 17.4. The van der Waals surface area contributed by atoms with Gasteiger partial charge in [0.15, 0.2) is 5.78 Å². The molecule has 1 amide bonds. The molecule has 1 aromatic heterocycles. The number of methoxy groups -OCH3 is 1. The average molecular weight is 402 g/mol. The number of fused-ring (bicyclic) bond motifs is 1. The molecule has 0 N–H and O–H groups in total. The third-order valence-electron chi connectivity index (χ3n) is 5.80. The number of ether oxygens (including phenoxy) is 1. The average Bonchev–Trinajstić information content (AvgIpc) is 2.82. The van der Waals surface area contributed by atoms with E-state index in [0.29, 0.717) is 24.9 Å². The number of carbonyl (C=O) groups is 2. The fourth-order valence-corrected chi connectivity index (χ4v) is 4.10. The number of aromatic nitrogens is 1. The van der Waals surface area contributed by atoms with Crippen molar-refractivity contribution in [1.82, 2.24) is 9.88 Å². The summed E-state index contributed by atoms with van der Waals surface area (Å²) in [5.41, 5.74) is 1.63. The van der Waals surface area contributed by atoms with E-state index in [1.807, 2.05) is 59.5 Å². The van der Waals surface area contributed by atoms with Gasteiger partial charge in [0, 0.05) is 42.9 Å². The zero-order valence-electron chi connectivity index (χ0n) is 17.2. The number of amides is 1. The van der Waals surface area contributed by atoms with E-state index in [0.717, 1.165) is 41.6 Å². The molecule has 0 radical (unpaired) electrons. The quantitative estimate of drug-likeness (QED) is 0.577. The number of ketones is 1. The van der Waals surface area contributed by atoms with Crippen molar-refractivity contribution in [3.63, 3.8) is 0 Å². The molecule has 5 nitrogen and oxygen atoms in total. The number of likely N-dealkylation sites (tertiary alicyclic amines) is 1. The molecule has 0 aliphatic carbocycles. The molecule has 1 atom stereocenters. The highest BCUT2D eigenvalue weighted by Gasteiger charge is 2.29. The minimum Gasteiger partial charge on any atom is -0.497 e. The summed E-state index contributed by atoms with van der Waals surface area (Å²) >= 11 is 0. The van der Waals surface area contributed by atoms with Crippen LogP contribution in [0.5, 0.6) is 5.75 Å². The van der Waals surface area contributed by atoms with Gasteiger partial charge >= 0.3 is 0 Å². The maximum absolute atomic E-state index is 13.1. The van der Waals surface area contributed by atoms with Crippen molar-refractivity contribution in [1.29, 1.82) is 0 Å². The van der Waals surface area contributed by atoms with E-state index in [1.54, 1.807) is 13.3 Å². The largest absolute Gasteiger partial charge is 0.497 e. The molecule has 0 bridgehead atoms. The molecule has 2 aromatic carbocycles. The molecule has 5 heteroatoms. The Morgan fingerprint density at radius 3 is 2.73 bits per heavy atom. The highest BCUT2D eigenvalue weighted by Crippen LogP contribution is 2.26. The number of aryl methyl sites for hydroxylation is 1. The maximum Gasteiger partial charge on any atom is 0.222 e. The minimum absolute atomic E-state index is 0.101. The van der Waals surface area contributed by atoms with Gasteiger partial charge in [-0.3, -0.25) is 14.6 Å². The highest BCUT2D eigenvalue weighted by atomic mass is 16.5. The number of Topliss-reactive ketones (excluding diaryl/α,β-unsaturated/α-hetero) is 1. The number of pyridine rings is 1. The normalized spacial score (nSPS) is 16.4. The Hall–Kier alpha value is -3.21. The van der Waals surface area contributed by atoms with Crippen LogP contribution < -0.4 is 4.74 Å². The number of nitrogens with zero attached hydrogens (tertiary/aromatic N) is 2.